The molecule has 1 N–H and O–H groups in total. The van der Waals surface area contributed by atoms with Crippen LogP contribution in [-0.2, 0) is 4.79 Å². The Morgan fingerprint density at radius 1 is 1.00 bits per heavy atom. The van der Waals surface area contributed by atoms with Crippen LogP contribution in [0.5, 0.6) is 5.75 Å². The number of carbonyl (C=O) groups is 1. The molecule has 0 atom stereocenters. The first-order chi connectivity index (χ1) is 16.6. The van der Waals surface area contributed by atoms with Crippen LogP contribution in [0.3, 0.4) is 0 Å². The molecule has 5 heteroatoms. The van der Waals surface area contributed by atoms with E-state index in [-0.39, 0.29) is 5.91 Å². The van der Waals surface area contributed by atoms with Crippen LogP contribution in [-0.4, -0.2) is 17.5 Å². The molecular formula is C29H24N2O3. The van der Waals surface area contributed by atoms with E-state index in [1.807, 2.05) is 44.2 Å². The van der Waals surface area contributed by atoms with E-state index in [0.717, 1.165) is 38.6 Å². The second-order valence-corrected chi connectivity index (χ2v) is 7.99. The van der Waals surface area contributed by atoms with Crippen LogP contribution >= 0.6 is 0 Å². The van der Waals surface area contributed by atoms with Crippen molar-refractivity contribution >= 4 is 39.0 Å². The largest absolute Gasteiger partial charge is 0.493 e. The molecule has 0 aliphatic rings. The number of hydrogen-bond donors (Lipinski definition) is 1. The smallest absolute Gasteiger partial charge is 0.249 e. The van der Waals surface area contributed by atoms with Crippen molar-refractivity contribution in [2.24, 2.45) is 0 Å². The summed E-state index contributed by atoms with van der Waals surface area (Å²) in [7, 11) is 0. The highest BCUT2D eigenvalue weighted by Gasteiger charge is 2.16. The van der Waals surface area contributed by atoms with Crippen molar-refractivity contribution in [1.29, 1.82) is 0 Å². The van der Waals surface area contributed by atoms with Crippen LogP contribution in [0.15, 0.2) is 95.7 Å². The fourth-order valence-corrected chi connectivity index (χ4v) is 4.18. The lowest BCUT2D eigenvalue weighted by molar-refractivity contribution is -0.111. The molecule has 2 heterocycles. The second-order valence-electron chi connectivity index (χ2n) is 7.99. The monoisotopic (exact) mass is 448 g/mol. The van der Waals surface area contributed by atoms with Crippen molar-refractivity contribution in [2.75, 3.05) is 11.9 Å². The number of pyridine rings is 1. The van der Waals surface area contributed by atoms with E-state index in [9.17, 15) is 4.79 Å². The molecule has 34 heavy (non-hydrogen) atoms. The number of furan rings is 1. The predicted octanol–water partition coefficient (Wildman–Crippen LogP) is 7.09. The number of ether oxygens (including phenoxy) is 1. The Labute approximate surface area is 197 Å². The minimum atomic E-state index is -0.250. The number of benzene rings is 3. The summed E-state index contributed by atoms with van der Waals surface area (Å²) in [5.41, 5.74) is 4.46. The van der Waals surface area contributed by atoms with Gasteiger partial charge in [0.15, 0.2) is 0 Å². The lowest BCUT2D eigenvalue weighted by Crippen LogP contribution is -2.09. The maximum atomic E-state index is 12.6. The molecule has 3 aromatic carbocycles. The Hall–Kier alpha value is -4.38. The van der Waals surface area contributed by atoms with E-state index in [1.165, 1.54) is 5.39 Å². The van der Waals surface area contributed by atoms with Gasteiger partial charge in [-0.3, -0.25) is 4.79 Å². The van der Waals surface area contributed by atoms with Crippen molar-refractivity contribution in [1.82, 2.24) is 4.98 Å². The molecule has 5 nitrogen and oxygen atoms in total. The van der Waals surface area contributed by atoms with Crippen molar-refractivity contribution in [3.05, 3.63) is 96.9 Å². The lowest BCUT2D eigenvalue weighted by atomic mass is 9.96. The van der Waals surface area contributed by atoms with E-state index in [2.05, 4.69) is 40.6 Å². The topological polar surface area (TPSA) is 64.4 Å². The van der Waals surface area contributed by atoms with Crippen LogP contribution < -0.4 is 10.1 Å². The summed E-state index contributed by atoms with van der Waals surface area (Å²) in [6.45, 7) is 4.34. The van der Waals surface area contributed by atoms with Crippen molar-refractivity contribution in [3.63, 3.8) is 0 Å². The number of anilines is 1. The number of fused-ring (bicyclic) bond motifs is 2. The van der Waals surface area contributed by atoms with Gasteiger partial charge < -0.3 is 14.5 Å². The molecule has 0 radical (unpaired) electrons. The van der Waals surface area contributed by atoms with Crippen LogP contribution in [0.1, 0.15) is 19.4 Å². The molecule has 5 aromatic rings. The lowest BCUT2D eigenvalue weighted by Gasteiger charge is -2.12. The van der Waals surface area contributed by atoms with E-state index < -0.39 is 0 Å². The van der Waals surface area contributed by atoms with Gasteiger partial charge in [-0.2, -0.15) is 0 Å². The maximum absolute atomic E-state index is 12.6. The normalized spacial score (nSPS) is 11.6. The number of amides is 1. The van der Waals surface area contributed by atoms with Gasteiger partial charge in [-0.15, -0.1) is 0 Å². The van der Waals surface area contributed by atoms with E-state index >= 15 is 0 Å². The average Bonchev–Trinajstić information content (AvgIpc) is 3.26. The number of aromatic nitrogens is 1. The second kappa shape index (κ2) is 9.24. The van der Waals surface area contributed by atoms with Gasteiger partial charge in [-0.1, -0.05) is 48.5 Å². The Kier molecular flexibility index (Phi) is 5.83. The van der Waals surface area contributed by atoms with Gasteiger partial charge in [0, 0.05) is 34.9 Å². The summed E-state index contributed by atoms with van der Waals surface area (Å²) >= 11 is 0. The molecule has 0 aliphatic heterocycles. The van der Waals surface area contributed by atoms with Gasteiger partial charge in [0.1, 0.15) is 17.2 Å². The van der Waals surface area contributed by atoms with E-state index in [1.54, 1.807) is 30.7 Å². The summed E-state index contributed by atoms with van der Waals surface area (Å²) in [6, 6.07) is 23.9. The van der Waals surface area contributed by atoms with Crippen molar-refractivity contribution in [3.8, 4) is 16.9 Å². The minimum absolute atomic E-state index is 0.250. The predicted molar refractivity (Wildman–Crippen MR) is 137 cm³/mol. The molecule has 0 saturated heterocycles. The summed E-state index contributed by atoms with van der Waals surface area (Å²) in [6.07, 6.45) is 5.00. The third kappa shape index (κ3) is 4.16. The molecule has 5 rings (SSSR count). The Morgan fingerprint density at radius 2 is 1.82 bits per heavy atom. The van der Waals surface area contributed by atoms with Gasteiger partial charge >= 0.3 is 0 Å². The third-order valence-electron chi connectivity index (χ3n) is 5.74. The van der Waals surface area contributed by atoms with Gasteiger partial charge in [0.2, 0.25) is 5.91 Å². The first-order valence-corrected chi connectivity index (χ1v) is 11.2. The molecule has 2 aromatic heterocycles. The Bertz CT molecular complexity index is 1510. The highest BCUT2D eigenvalue weighted by atomic mass is 16.5. The molecule has 0 fully saturated rings. The van der Waals surface area contributed by atoms with E-state index in [0.29, 0.717) is 18.2 Å². The molecule has 0 unspecified atom stereocenters. The quantitative estimate of drug-likeness (QED) is 0.282. The average molecular weight is 449 g/mol. The zero-order chi connectivity index (χ0) is 23.5. The molecular weight excluding hydrogens is 424 g/mol. The van der Waals surface area contributed by atoms with Gasteiger partial charge in [0.05, 0.1) is 12.9 Å². The number of nitrogens with one attached hydrogen (secondary N) is 1. The molecule has 0 saturated carbocycles. The van der Waals surface area contributed by atoms with E-state index in [4.69, 9.17) is 9.15 Å². The minimum Gasteiger partial charge on any atom is -0.493 e. The van der Waals surface area contributed by atoms with Crippen LogP contribution in [0.25, 0.3) is 38.4 Å². The molecule has 1 amide bonds. The standard InChI is InChI=1S/C29H24N2O3/c1-3-33-26-17-27-24(16-23(26)19(2)15-29(32)31-28-13-6-7-14-30-28)25(18-34-27)22-12-8-10-20-9-4-5-11-21(20)22/h4-18H,3H2,1-2H3,(H,30,31,32)/b19-15+. The fourth-order valence-electron chi connectivity index (χ4n) is 4.18. The summed E-state index contributed by atoms with van der Waals surface area (Å²) in [5, 5.41) is 6.09. The first-order valence-electron chi connectivity index (χ1n) is 11.2. The Morgan fingerprint density at radius 3 is 2.65 bits per heavy atom. The molecule has 0 spiro atoms. The first kappa shape index (κ1) is 21.5. The van der Waals surface area contributed by atoms with Gasteiger partial charge in [-0.05, 0) is 54.0 Å². The highest BCUT2D eigenvalue weighted by molar-refractivity contribution is 6.07. The number of rotatable bonds is 6. The molecule has 168 valence electrons. The zero-order valence-corrected chi connectivity index (χ0v) is 19.0. The third-order valence-corrected chi connectivity index (χ3v) is 5.74. The summed E-state index contributed by atoms with van der Waals surface area (Å²) < 4.78 is 11.9. The Balaban J connectivity index is 1.60. The van der Waals surface area contributed by atoms with Gasteiger partial charge in [0.25, 0.3) is 0 Å². The van der Waals surface area contributed by atoms with Crippen LogP contribution in [0.4, 0.5) is 5.82 Å². The number of allylic oxidation sites excluding steroid dienone is 1. The summed E-state index contributed by atoms with van der Waals surface area (Å²) in [5.74, 6) is 0.929. The number of carbonyl (C=O) groups excluding carboxylic acids is 1. The maximum Gasteiger partial charge on any atom is 0.249 e. The molecule has 0 bridgehead atoms. The zero-order valence-electron chi connectivity index (χ0n) is 19.0. The number of nitrogens with zero attached hydrogens (tertiary/aromatic N) is 1. The van der Waals surface area contributed by atoms with Crippen LogP contribution in [0.2, 0.25) is 0 Å². The van der Waals surface area contributed by atoms with Gasteiger partial charge in [-0.25, -0.2) is 4.98 Å². The highest BCUT2D eigenvalue weighted by Crippen LogP contribution is 2.39. The van der Waals surface area contributed by atoms with Crippen molar-refractivity contribution < 1.29 is 13.9 Å². The molecule has 0 aliphatic carbocycles. The van der Waals surface area contributed by atoms with Crippen molar-refractivity contribution in [2.45, 2.75) is 13.8 Å². The van der Waals surface area contributed by atoms with Crippen LogP contribution in [0, 0.1) is 0 Å². The fraction of sp³-hybridized carbons (Fsp3) is 0.103. The SMILES string of the molecule is CCOc1cc2occ(-c3cccc4ccccc34)c2cc1/C(C)=C/C(=O)Nc1ccccn1. The number of hydrogen-bond acceptors (Lipinski definition) is 4. The summed E-state index contributed by atoms with van der Waals surface area (Å²) in [4.78, 5) is 16.8.